The number of nitrogens with one attached hydrogen (secondary N) is 2. The monoisotopic (exact) mass is 461 g/mol. The number of nitrogens with zero attached hydrogens (tertiary/aromatic N) is 3. The van der Waals surface area contributed by atoms with Crippen LogP contribution >= 0.6 is 12.2 Å². The molecule has 8 heteroatoms. The van der Waals surface area contributed by atoms with Gasteiger partial charge in [-0.2, -0.15) is 0 Å². The molecule has 5 rings (SSSR count). The Morgan fingerprint density at radius 1 is 1.15 bits per heavy atom. The minimum atomic E-state index is -0.176. The van der Waals surface area contributed by atoms with Crippen LogP contribution in [0.4, 0.5) is 5.69 Å². The number of ether oxygens (including phenoxy) is 1. The van der Waals surface area contributed by atoms with Crippen molar-refractivity contribution in [1.29, 1.82) is 0 Å². The molecule has 2 aromatic heterocycles. The third-order valence-corrected chi connectivity index (χ3v) is 6.51. The molecule has 2 fully saturated rings. The number of benzene rings is 1. The second-order valence-corrected chi connectivity index (χ2v) is 8.78. The predicted octanol–water partition coefficient (Wildman–Crippen LogP) is 3.67. The lowest BCUT2D eigenvalue weighted by atomic mass is 10.0. The highest BCUT2D eigenvalue weighted by Crippen LogP contribution is 2.39. The Hall–Kier alpha value is -3.23. The molecule has 4 heterocycles. The molecule has 2 aliphatic rings. The van der Waals surface area contributed by atoms with Gasteiger partial charge in [0.1, 0.15) is 6.54 Å². The van der Waals surface area contributed by atoms with Gasteiger partial charge < -0.3 is 24.8 Å². The normalized spacial score (nSPS) is 22.4. The van der Waals surface area contributed by atoms with E-state index in [1.165, 1.54) is 0 Å². The Morgan fingerprint density at radius 3 is 2.76 bits per heavy atom. The van der Waals surface area contributed by atoms with E-state index in [2.05, 4.69) is 32.4 Å². The molecule has 0 saturated carbocycles. The van der Waals surface area contributed by atoms with Crippen molar-refractivity contribution in [2.45, 2.75) is 37.6 Å². The summed E-state index contributed by atoms with van der Waals surface area (Å²) in [7, 11) is 0. The van der Waals surface area contributed by atoms with Gasteiger partial charge in [-0.1, -0.05) is 24.3 Å². The van der Waals surface area contributed by atoms with Crippen molar-refractivity contribution in [2.24, 2.45) is 0 Å². The molecule has 0 aliphatic carbocycles. The molecule has 7 nitrogen and oxygen atoms in total. The first-order valence-corrected chi connectivity index (χ1v) is 11.7. The summed E-state index contributed by atoms with van der Waals surface area (Å²) >= 11 is 5.71. The molecule has 0 bridgehead atoms. The molecule has 1 amide bonds. The van der Waals surface area contributed by atoms with Crippen LogP contribution in [0.3, 0.4) is 0 Å². The van der Waals surface area contributed by atoms with Crippen molar-refractivity contribution in [3.8, 4) is 0 Å². The molecule has 0 spiro atoms. The summed E-state index contributed by atoms with van der Waals surface area (Å²) in [6, 6.07) is 19.1. The number of para-hydroxylation sites is 1. The highest BCUT2D eigenvalue weighted by molar-refractivity contribution is 7.80. The van der Waals surface area contributed by atoms with Crippen LogP contribution < -0.4 is 10.6 Å². The van der Waals surface area contributed by atoms with Crippen LogP contribution in [0.2, 0.25) is 0 Å². The number of hydrogen-bond donors (Lipinski definition) is 2. The molecule has 170 valence electrons. The zero-order chi connectivity index (χ0) is 22.6. The quantitative estimate of drug-likeness (QED) is 0.523. The second kappa shape index (κ2) is 9.72. The van der Waals surface area contributed by atoms with E-state index in [4.69, 9.17) is 17.0 Å². The minimum Gasteiger partial charge on any atom is -0.376 e. The van der Waals surface area contributed by atoms with Crippen molar-refractivity contribution in [1.82, 2.24) is 19.8 Å². The summed E-state index contributed by atoms with van der Waals surface area (Å²) in [6.07, 6.45) is 6.23. The van der Waals surface area contributed by atoms with E-state index in [0.29, 0.717) is 5.11 Å². The maximum atomic E-state index is 13.0. The van der Waals surface area contributed by atoms with E-state index >= 15 is 0 Å². The minimum absolute atomic E-state index is 0.116. The number of thiocarbonyl (C=S) groups is 1. The maximum Gasteiger partial charge on any atom is 0.244 e. The summed E-state index contributed by atoms with van der Waals surface area (Å²) in [4.78, 5) is 19.5. The Labute approximate surface area is 198 Å². The maximum absolute atomic E-state index is 13.0. The van der Waals surface area contributed by atoms with Gasteiger partial charge >= 0.3 is 0 Å². The topological polar surface area (TPSA) is 71.4 Å². The van der Waals surface area contributed by atoms with E-state index in [1.807, 2.05) is 59.5 Å². The number of carbonyl (C=O) groups is 1. The van der Waals surface area contributed by atoms with Crippen molar-refractivity contribution in [2.75, 3.05) is 18.5 Å². The van der Waals surface area contributed by atoms with E-state index in [9.17, 15) is 4.79 Å². The van der Waals surface area contributed by atoms with Crippen LogP contribution in [0.1, 0.15) is 36.3 Å². The first-order valence-electron chi connectivity index (χ1n) is 11.3. The Kier molecular flexibility index (Phi) is 6.37. The van der Waals surface area contributed by atoms with Gasteiger partial charge in [-0.05, 0) is 61.5 Å². The first-order chi connectivity index (χ1) is 16.2. The third kappa shape index (κ3) is 4.77. The molecule has 2 aliphatic heterocycles. The molecular formula is C25H27N5O2S. The number of anilines is 1. The van der Waals surface area contributed by atoms with E-state index < -0.39 is 0 Å². The lowest BCUT2D eigenvalue weighted by Crippen LogP contribution is -2.37. The van der Waals surface area contributed by atoms with Gasteiger partial charge in [-0.25, -0.2) is 0 Å². The number of carbonyl (C=O) groups excluding carboxylic acids is 1. The van der Waals surface area contributed by atoms with Crippen molar-refractivity contribution >= 4 is 28.9 Å². The van der Waals surface area contributed by atoms with Crippen LogP contribution in [0.5, 0.6) is 0 Å². The molecule has 33 heavy (non-hydrogen) atoms. The predicted molar refractivity (Wildman–Crippen MR) is 131 cm³/mol. The van der Waals surface area contributed by atoms with Gasteiger partial charge in [0.25, 0.3) is 0 Å². The van der Waals surface area contributed by atoms with Gasteiger partial charge in [0.2, 0.25) is 5.91 Å². The molecule has 0 radical (unpaired) electrons. The smallest absolute Gasteiger partial charge is 0.244 e. The number of amides is 1. The van der Waals surface area contributed by atoms with Crippen LogP contribution in [0.25, 0.3) is 0 Å². The van der Waals surface area contributed by atoms with Gasteiger partial charge in [-0.3, -0.25) is 9.78 Å². The Morgan fingerprint density at radius 2 is 2.00 bits per heavy atom. The van der Waals surface area contributed by atoms with Gasteiger partial charge in [0.15, 0.2) is 5.11 Å². The fourth-order valence-electron chi connectivity index (χ4n) is 4.64. The Balaban J connectivity index is 1.44. The molecule has 0 unspecified atom stereocenters. The standard InChI is InChI=1S/C25H27N5O2S/c31-22(27-18-8-2-1-3-9-18)17-30-24(23(28-25(30)33)20-11-4-5-13-26-20)21-12-6-14-29(21)16-19-10-7-15-32-19/h1-6,8-9,11-14,19,23-24H,7,10,15-17H2,(H,27,31)(H,28,33)/t19-,23+,24+/m0/s1. The van der Waals surface area contributed by atoms with Crippen LogP contribution in [0, 0.1) is 0 Å². The zero-order valence-corrected chi connectivity index (χ0v) is 19.1. The highest BCUT2D eigenvalue weighted by Gasteiger charge is 2.42. The fraction of sp³-hybridized carbons (Fsp3) is 0.320. The lowest BCUT2D eigenvalue weighted by molar-refractivity contribution is -0.116. The molecule has 2 N–H and O–H groups in total. The highest BCUT2D eigenvalue weighted by atomic mass is 32.1. The third-order valence-electron chi connectivity index (χ3n) is 6.16. The summed E-state index contributed by atoms with van der Waals surface area (Å²) in [5.74, 6) is -0.116. The Bertz CT molecular complexity index is 1100. The van der Waals surface area contributed by atoms with Gasteiger partial charge in [0, 0.05) is 36.9 Å². The largest absolute Gasteiger partial charge is 0.376 e. The SMILES string of the molecule is O=C(CN1C(=S)N[C@H](c2ccccn2)[C@H]1c1cccn1C[C@@H]1CCCO1)Nc1ccccc1. The van der Waals surface area contributed by atoms with Crippen LogP contribution in [-0.2, 0) is 16.1 Å². The average molecular weight is 462 g/mol. The van der Waals surface area contributed by atoms with Crippen LogP contribution in [0.15, 0.2) is 73.1 Å². The van der Waals surface area contributed by atoms with Gasteiger partial charge in [-0.15, -0.1) is 0 Å². The van der Waals surface area contributed by atoms with Crippen molar-refractivity contribution in [3.63, 3.8) is 0 Å². The molecule has 2 saturated heterocycles. The number of aromatic nitrogens is 2. The summed E-state index contributed by atoms with van der Waals surface area (Å²) in [6.45, 7) is 1.74. The second-order valence-electron chi connectivity index (χ2n) is 8.39. The van der Waals surface area contributed by atoms with Gasteiger partial charge in [0.05, 0.1) is 23.9 Å². The molecule has 1 aromatic carbocycles. The van der Waals surface area contributed by atoms with E-state index in [0.717, 1.165) is 43.1 Å². The first kappa shape index (κ1) is 21.6. The summed E-state index contributed by atoms with van der Waals surface area (Å²) in [5, 5.41) is 6.94. The van der Waals surface area contributed by atoms with E-state index in [-0.39, 0.29) is 30.6 Å². The molecule has 3 aromatic rings. The summed E-state index contributed by atoms with van der Waals surface area (Å²) in [5.41, 5.74) is 2.74. The fourth-order valence-corrected chi connectivity index (χ4v) is 4.95. The number of pyridine rings is 1. The van der Waals surface area contributed by atoms with Crippen molar-refractivity contribution in [3.05, 3.63) is 84.4 Å². The average Bonchev–Trinajstić information content (AvgIpc) is 3.57. The number of rotatable bonds is 7. The molecule has 3 atom stereocenters. The summed E-state index contributed by atoms with van der Waals surface area (Å²) < 4.78 is 8.11. The van der Waals surface area contributed by atoms with Crippen molar-refractivity contribution < 1.29 is 9.53 Å². The zero-order valence-electron chi connectivity index (χ0n) is 18.3. The van der Waals surface area contributed by atoms with E-state index in [1.54, 1.807) is 6.20 Å². The van der Waals surface area contributed by atoms with Crippen LogP contribution in [-0.4, -0.2) is 44.7 Å². The number of hydrogen-bond acceptors (Lipinski definition) is 4. The molecular weight excluding hydrogens is 434 g/mol. The lowest BCUT2D eigenvalue weighted by Gasteiger charge is -2.29.